The van der Waals surface area contributed by atoms with Crippen molar-refractivity contribution in [2.75, 3.05) is 20.3 Å². The van der Waals surface area contributed by atoms with Crippen LogP contribution in [0.2, 0.25) is 0 Å². The molecule has 0 fully saturated rings. The van der Waals surface area contributed by atoms with Crippen LogP contribution < -0.4 is 25.4 Å². The minimum atomic E-state index is 0.101. The Balaban J connectivity index is 2.29. The molecule has 1 heterocycles. The average molecular weight is 281 g/mol. The fourth-order valence-electron chi connectivity index (χ4n) is 1.65. The number of nitrogens with two attached hydrogens (primary N) is 1. The molecule has 0 spiro atoms. The highest BCUT2D eigenvalue weighted by Crippen LogP contribution is 2.35. The molecular formula is C12H15N3O3S. The lowest BCUT2D eigenvalue weighted by molar-refractivity contribution is 0.296. The van der Waals surface area contributed by atoms with Crippen molar-refractivity contribution >= 4 is 23.5 Å². The highest BCUT2D eigenvalue weighted by atomic mass is 32.1. The van der Waals surface area contributed by atoms with Gasteiger partial charge in [-0.3, -0.25) is 5.43 Å². The summed E-state index contributed by atoms with van der Waals surface area (Å²) in [7, 11) is 1.58. The highest BCUT2D eigenvalue weighted by molar-refractivity contribution is 7.80. The van der Waals surface area contributed by atoms with Gasteiger partial charge in [-0.25, -0.2) is 0 Å². The average Bonchev–Trinajstić information content (AvgIpc) is 2.62. The van der Waals surface area contributed by atoms with Gasteiger partial charge in [0.1, 0.15) is 5.75 Å². The van der Waals surface area contributed by atoms with Crippen LogP contribution in [0.15, 0.2) is 17.2 Å². The van der Waals surface area contributed by atoms with E-state index in [2.05, 4.69) is 22.7 Å². The number of benzene rings is 1. The van der Waals surface area contributed by atoms with E-state index in [1.165, 1.54) is 0 Å². The summed E-state index contributed by atoms with van der Waals surface area (Å²) in [6.07, 6.45) is 2.41. The van der Waals surface area contributed by atoms with Gasteiger partial charge in [-0.1, -0.05) is 0 Å². The molecule has 19 heavy (non-hydrogen) atoms. The third-order valence-electron chi connectivity index (χ3n) is 2.48. The summed E-state index contributed by atoms with van der Waals surface area (Å²) in [6.45, 7) is 1.26. The SMILES string of the molecule is COc1cc2c(cc1C=NNC(N)=S)OCCCO2. The summed E-state index contributed by atoms with van der Waals surface area (Å²) >= 11 is 4.66. The van der Waals surface area contributed by atoms with Crippen molar-refractivity contribution in [2.45, 2.75) is 6.42 Å². The van der Waals surface area contributed by atoms with Crippen molar-refractivity contribution in [3.05, 3.63) is 17.7 Å². The standard InChI is InChI=1S/C12H15N3O3S/c1-16-9-6-11-10(17-3-2-4-18-11)5-8(9)7-14-15-12(13)19/h5-7H,2-4H2,1H3,(H3,13,15,19). The Morgan fingerprint density at radius 2 is 2.11 bits per heavy atom. The molecule has 0 radical (unpaired) electrons. The van der Waals surface area contributed by atoms with E-state index in [4.69, 9.17) is 19.9 Å². The second kappa shape index (κ2) is 6.24. The summed E-state index contributed by atoms with van der Waals surface area (Å²) in [4.78, 5) is 0. The molecular weight excluding hydrogens is 266 g/mol. The Kier molecular flexibility index (Phi) is 4.40. The van der Waals surface area contributed by atoms with Crippen LogP contribution in [0.4, 0.5) is 0 Å². The molecule has 2 rings (SSSR count). The zero-order valence-corrected chi connectivity index (χ0v) is 11.3. The predicted molar refractivity (Wildman–Crippen MR) is 76.1 cm³/mol. The molecule has 0 aliphatic carbocycles. The number of hydrazone groups is 1. The second-order valence-corrected chi connectivity index (χ2v) is 4.27. The Hall–Kier alpha value is -2.02. The summed E-state index contributed by atoms with van der Waals surface area (Å²) < 4.78 is 16.5. The van der Waals surface area contributed by atoms with E-state index in [-0.39, 0.29) is 5.11 Å². The molecule has 1 aliphatic rings. The first-order valence-electron chi connectivity index (χ1n) is 5.77. The van der Waals surface area contributed by atoms with Crippen molar-refractivity contribution in [3.63, 3.8) is 0 Å². The van der Waals surface area contributed by atoms with Gasteiger partial charge in [-0.05, 0) is 18.3 Å². The minimum absolute atomic E-state index is 0.101. The van der Waals surface area contributed by atoms with E-state index in [9.17, 15) is 0 Å². The maximum Gasteiger partial charge on any atom is 0.184 e. The van der Waals surface area contributed by atoms with Crippen molar-refractivity contribution in [1.82, 2.24) is 5.43 Å². The Labute approximate surface area is 116 Å². The molecule has 102 valence electrons. The Morgan fingerprint density at radius 1 is 1.42 bits per heavy atom. The van der Waals surface area contributed by atoms with E-state index >= 15 is 0 Å². The highest BCUT2D eigenvalue weighted by Gasteiger charge is 2.14. The number of hydrogen-bond acceptors (Lipinski definition) is 5. The molecule has 1 aromatic carbocycles. The number of fused-ring (bicyclic) bond motifs is 1. The summed E-state index contributed by atoms with van der Waals surface area (Å²) in [5.74, 6) is 1.99. The topological polar surface area (TPSA) is 78.1 Å². The lowest BCUT2D eigenvalue weighted by Crippen LogP contribution is -2.24. The maximum atomic E-state index is 5.60. The second-order valence-electron chi connectivity index (χ2n) is 3.83. The molecule has 0 saturated heterocycles. The molecule has 3 N–H and O–H groups in total. The van der Waals surface area contributed by atoms with Crippen LogP contribution in [0.5, 0.6) is 17.2 Å². The molecule has 7 heteroatoms. The molecule has 1 aliphatic heterocycles. The van der Waals surface area contributed by atoms with E-state index in [0.717, 1.165) is 12.0 Å². The Morgan fingerprint density at radius 3 is 2.74 bits per heavy atom. The van der Waals surface area contributed by atoms with Gasteiger partial charge in [0.25, 0.3) is 0 Å². The first-order valence-corrected chi connectivity index (χ1v) is 6.17. The van der Waals surface area contributed by atoms with Crippen molar-refractivity contribution in [2.24, 2.45) is 10.8 Å². The number of thiocarbonyl (C=S) groups is 1. The summed E-state index contributed by atoms with van der Waals surface area (Å²) in [6, 6.07) is 3.59. The number of ether oxygens (including phenoxy) is 3. The zero-order valence-electron chi connectivity index (χ0n) is 10.5. The van der Waals surface area contributed by atoms with Crippen LogP contribution >= 0.6 is 12.2 Å². The van der Waals surface area contributed by atoms with E-state index in [0.29, 0.717) is 30.5 Å². The fraction of sp³-hybridized carbons (Fsp3) is 0.333. The van der Waals surface area contributed by atoms with Gasteiger partial charge < -0.3 is 19.9 Å². The molecule has 0 unspecified atom stereocenters. The largest absolute Gasteiger partial charge is 0.496 e. The van der Waals surface area contributed by atoms with Gasteiger partial charge in [0, 0.05) is 18.1 Å². The number of hydrogen-bond donors (Lipinski definition) is 2. The van der Waals surface area contributed by atoms with Gasteiger partial charge in [0.2, 0.25) is 0 Å². The number of rotatable bonds is 3. The van der Waals surface area contributed by atoms with E-state index in [1.807, 2.05) is 6.07 Å². The van der Waals surface area contributed by atoms with Crippen molar-refractivity contribution in [1.29, 1.82) is 0 Å². The van der Waals surface area contributed by atoms with Crippen molar-refractivity contribution < 1.29 is 14.2 Å². The van der Waals surface area contributed by atoms with Crippen LogP contribution in [-0.2, 0) is 0 Å². The zero-order chi connectivity index (χ0) is 13.7. The van der Waals surface area contributed by atoms with Crippen LogP contribution in [-0.4, -0.2) is 31.7 Å². The smallest absolute Gasteiger partial charge is 0.184 e. The number of nitrogens with zero attached hydrogens (tertiary/aromatic N) is 1. The first-order chi connectivity index (χ1) is 9.20. The lowest BCUT2D eigenvalue weighted by atomic mass is 10.2. The normalized spacial score (nSPS) is 13.9. The third kappa shape index (κ3) is 3.47. The molecule has 0 bridgehead atoms. The number of methoxy groups -OCH3 is 1. The maximum absolute atomic E-state index is 5.60. The molecule has 0 aromatic heterocycles. The fourth-order valence-corrected chi connectivity index (χ4v) is 1.70. The Bertz CT molecular complexity index is 505. The van der Waals surface area contributed by atoms with Gasteiger partial charge in [-0.15, -0.1) is 0 Å². The van der Waals surface area contributed by atoms with Gasteiger partial charge in [-0.2, -0.15) is 5.10 Å². The lowest BCUT2D eigenvalue weighted by Gasteiger charge is -2.11. The molecule has 1 aromatic rings. The predicted octanol–water partition coefficient (Wildman–Crippen LogP) is 1.02. The van der Waals surface area contributed by atoms with Crippen molar-refractivity contribution in [3.8, 4) is 17.2 Å². The number of nitrogens with one attached hydrogen (secondary N) is 1. The van der Waals surface area contributed by atoms with Gasteiger partial charge in [0.05, 0.1) is 26.5 Å². The first kappa shape index (κ1) is 13.4. The molecule has 0 saturated carbocycles. The monoisotopic (exact) mass is 281 g/mol. The third-order valence-corrected chi connectivity index (χ3v) is 2.57. The van der Waals surface area contributed by atoms with Crippen LogP contribution in [0.3, 0.4) is 0 Å². The van der Waals surface area contributed by atoms with E-state index in [1.54, 1.807) is 19.4 Å². The van der Waals surface area contributed by atoms with Crippen LogP contribution in [0.1, 0.15) is 12.0 Å². The molecule has 0 atom stereocenters. The van der Waals surface area contributed by atoms with E-state index < -0.39 is 0 Å². The minimum Gasteiger partial charge on any atom is -0.496 e. The van der Waals surface area contributed by atoms with Gasteiger partial charge in [0.15, 0.2) is 16.6 Å². The summed E-state index contributed by atoms with van der Waals surface area (Å²) in [5, 5.41) is 4.01. The van der Waals surface area contributed by atoms with Gasteiger partial charge >= 0.3 is 0 Å². The quantitative estimate of drug-likeness (QED) is 0.489. The van der Waals surface area contributed by atoms with Crippen LogP contribution in [0.25, 0.3) is 0 Å². The van der Waals surface area contributed by atoms with Crippen LogP contribution in [0, 0.1) is 0 Å². The molecule has 6 nitrogen and oxygen atoms in total. The summed E-state index contributed by atoms with van der Waals surface area (Å²) in [5.41, 5.74) is 8.52. The molecule has 0 amide bonds.